The van der Waals surface area contributed by atoms with E-state index < -0.39 is 31.1 Å². The van der Waals surface area contributed by atoms with Gasteiger partial charge >= 0.3 is 11.0 Å². The van der Waals surface area contributed by atoms with Crippen LogP contribution in [0.5, 0.6) is 0 Å². The molecule has 0 aliphatic rings. The van der Waals surface area contributed by atoms with E-state index in [-0.39, 0.29) is 5.78 Å². The highest BCUT2D eigenvalue weighted by Gasteiger charge is 2.46. The van der Waals surface area contributed by atoms with Crippen LogP contribution in [-0.4, -0.2) is 65.4 Å². The smallest absolute Gasteiger partial charge is 0.421 e. The maximum atomic E-state index is 11.4. The molecule has 0 atom stereocenters. The summed E-state index contributed by atoms with van der Waals surface area (Å²) in [6, 6.07) is 0. The molecule has 16 heteroatoms. The van der Waals surface area contributed by atoms with Crippen molar-refractivity contribution in [2.24, 2.45) is 5.73 Å². The first-order chi connectivity index (χ1) is 10.7. The zero-order valence-electron chi connectivity index (χ0n) is 12.8. The van der Waals surface area contributed by atoms with Crippen molar-refractivity contribution >= 4 is 25.8 Å². The lowest BCUT2D eigenvalue weighted by Gasteiger charge is -2.25. The second-order valence-corrected chi connectivity index (χ2v) is 8.29. The lowest BCUT2D eigenvalue weighted by molar-refractivity contribution is -0.881. The number of alkyl halides is 6. The van der Waals surface area contributed by atoms with E-state index >= 15 is 0 Å². The monoisotopic (exact) mass is 423 g/mol. The van der Waals surface area contributed by atoms with E-state index in [1.807, 2.05) is 14.1 Å². The first-order valence-electron chi connectivity index (χ1n) is 5.76. The molecule has 0 saturated heterocycles. The quantitative estimate of drug-likeness (QED) is 0.291. The van der Waals surface area contributed by atoms with Crippen LogP contribution in [0.25, 0.3) is 4.13 Å². The number of nitrogens with two attached hydrogens (primary N) is 1. The van der Waals surface area contributed by atoms with Crippen LogP contribution in [-0.2, 0) is 24.8 Å². The summed E-state index contributed by atoms with van der Waals surface area (Å²) in [7, 11) is -9.63. The SMILES string of the molecule is C=CC(=O)C[N+](C)(C)CN.O=S(=O)([N-]S(=O)(=O)C(F)(F)F)C(F)(F)F. The molecule has 0 amide bonds. The zero-order chi connectivity index (χ0) is 20.9. The topological polar surface area (TPSA) is 125 Å². The average molecular weight is 423 g/mol. The van der Waals surface area contributed by atoms with Gasteiger partial charge in [0, 0.05) is 0 Å². The van der Waals surface area contributed by atoms with E-state index in [2.05, 4.69) is 6.58 Å². The van der Waals surface area contributed by atoms with E-state index in [1.54, 1.807) is 0 Å². The fraction of sp³-hybridized carbons (Fsp3) is 0.667. The van der Waals surface area contributed by atoms with Crippen LogP contribution in [0.2, 0.25) is 0 Å². The Balaban J connectivity index is 0. The van der Waals surface area contributed by atoms with Crippen molar-refractivity contribution in [1.29, 1.82) is 0 Å². The summed E-state index contributed by atoms with van der Waals surface area (Å²) in [6.45, 7) is 4.28. The molecule has 150 valence electrons. The van der Waals surface area contributed by atoms with Crippen molar-refractivity contribution < 1.29 is 52.5 Å². The van der Waals surface area contributed by atoms with Crippen LogP contribution in [0.4, 0.5) is 26.3 Å². The molecule has 0 aromatic heterocycles. The van der Waals surface area contributed by atoms with Gasteiger partial charge in [-0.05, 0) is 6.08 Å². The normalized spacial score (nSPS) is 13.6. The molecule has 0 fully saturated rings. The van der Waals surface area contributed by atoms with Crippen molar-refractivity contribution in [2.45, 2.75) is 11.0 Å². The van der Waals surface area contributed by atoms with Gasteiger partial charge in [0.15, 0.2) is 20.0 Å². The van der Waals surface area contributed by atoms with Gasteiger partial charge in [-0.3, -0.25) is 10.5 Å². The molecular weight excluding hydrogens is 408 g/mol. The minimum atomic E-state index is -6.72. The average Bonchev–Trinajstić information content (AvgIpc) is 2.35. The molecule has 8 nitrogen and oxygen atoms in total. The summed E-state index contributed by atoms with van der Waals surface area (Å²) in [5, 5.41) is 0. The first-order valence-corrected chi connectivity index (χ1v) is 8.64. The minimum absolute atomic E-state index is 0.0375. The van der Waals surface area contributed by atoms with Gasteiger partial charge in [-0.2, -0.15) is 26.3 Å². The van der Waals surface area contributed by atoms with Crippen molar-refractivity contribution in [3.05, 3.63) is 16.8 Å². The molecule has 0 unspecified atom stereocenters. The molecule has 0 aliphatic heterocycles. The Bertz CT molecular complexity index is 640. The summed E-state index contributed by atoms with van der Waals surface area (Å²) >= 11 is 0. The number of hydrogen-bond donors (Lipinski definition) is 1. The molecule has 0 rings (SSSR count). The summed E-state index contributed by atoms with van der Waals surface area (Å²) in [5.74, 6) is 0.0375. The molecule has 0 radical (unpaired) electrons. The highest BCUT2D eigenvalue weighted by Crippen LogP contribution is 2.36. The minimum Gasteiger partial charge on any atom is -0.421 e. The second-order valence-electron chi connectivity index (χ2n) is 4.86. The fourth-order valence-corrected chi connectivity index (χ4v) is 2.47. The van der Waals surface area contributed by atoms with Gasteiger partial charge in [-0.15, -0.1) is 0 Å². The number of halogens is 6. The number of carbonyl (C=O) groups is 1. The highest BCUT2D eigenvalue weighted by molar-refractivity contribution is 8.13. The van der Waals surface area contributed by atoms with E-state index in [4.69, 9.17) is 5.73 Å². The third-order valence-electron chi connectivity index (χ3n) is 2.09. The van der Waals surface area contributed by atoms with Crippen molar-refractivity contribution in [2.75, 3.05) is 27.3 Å². The molecule has 2 N–H and O–H groups in total. The standard InChI is InChI=1S/C7H15N2O.C2F6NO4S2/c1-4-7(10)5-9(2,3)6-8;3-1(4,5)14(10,11)9-15(12,13)2(6,7)8/h4H,1,5-6,8H2,2-3H3;/q+1;-1. The first kappa shape index (κ1) is 26.0. The molecule has 25 heavy (non-hydrogen) atoms. The number of rotatable bonds is 6. The fourth-order valence-electron chi connectivity index (χ4n) is 0.765. The third kappa shape index (κ3) is 9.15. The van der Waals surface area contributed by atoms with Gasteiger partial charge in [-0.1, -0.05) is 6.58 Å². The highest BCUT2D eigenvalue weighted by atomic mass is 32.3. The number of likely N-dealkylation sites (N-methyl/N-ethyl adjacent to an activating group) is 1. The van der Waals surface area contributed by atoms with Crippen LogP contribution >= 0.6 is 0 Å². The number of ketones is 1. The Hall–Kier alpha value is -1.23. The number of hydrogen-bond acceptors (Lipinski definition) is 6. The molecule has 0 aromatic rings. The van der Waals surface area contributed by atoms with Crippen LogP contribution < -0.4 is 5.73 Å². The van der Waals surface area contributed by atoms with E-state index in [0.29, 0.717) is 17.7 Å². The number of carbonyl (C=O) groups excluding carboxylic acids is 1. The number of nitrogens with zero attached hydrogens (tertiary/aromatic N) is 2. The molecular formula is C9H15F6N3O5S2. The second kappa shape index (κ2) is 8.43. The molecule has 0 aliphatic carbocycles. The van der Waals surface area contributed by atoms with Crippen LogP contribution in [0.1, 0.15) is 0 Å². The van der Waals surface area contributed by atoms with Gasteiger partial charge in [0.05, 0.1) is 14.1 Å². The van der Waals surface area contributed by atoms with Gasteiger partial charge in [0.1, 0.15) is 13.2 Å². The largest absolute Gasteiger partial charge is 0.480 e. The Labute approximate surface area is 140 Å². The Morgan fingerprint density at radius 2 is 1.36 bits per heavy atom. The molecule has 0 saturated carbocycles. The summed E-state index contributed by atoms with van der Waals surface area (Å²) < 4.78 is 110. The van der Waals surface area contributed by atoms with E-state index in [0.717, 1.165) is 4.13 Å². The molecule has 0 bridgehead atoms. The molecule has 0 spiro atoms. The number of quaternary nitrogens is 1. The molecule has 0 heterocycles. The lowest BCUT2D eigenvalue weighted by Crippen LogP contribution is -2.47. The maximum Gasteiger partial charge on any atom is 0.480 e. The predicted molar refractivity (Wildman–Crippen MR) is 74.5 cm³/mol. The van der Waals surface area contributed by atoms with Crippen LogP contribution in [0.15, 0.2) is 12.7 Å². The Morgan fingerprint density at radius 1 is 1.04 bits per heavy atom. The molecule has 0 aromatic carbocycles. The van der Waals surface area contributed by atoms with Gasteiger partial charge < -0.3 is 8.61 Å². The van der Waals surface area contributed by atoms with Crippen molar-refractivity contribution in [1.82, 2.24) is 0 Å². The van der Waals surface area contributed by atoms with Gasteiger partial charge in [-0.25, -0.2) is 16.8 Å². The van der Waals surface area contributed by atoms with E-state index in [1.165, 1.54) is 6.08 Å². The van der Waals surface area contributed by atoms with Crippen LogP contribution in [0.3, 0.4) is 0 Å². The Morgan fingerprint density at radius 3 is 1.56 bits per heavy atom. The Kier molecular flexibility index (Phi) is 8.77. The third-order valence-corrected chi connectivity index (χ3v) is 4.83. The summed E-state index contributed by atoms with van der Waals surface area (Å²) in [4.78, 5) is 10.8. The lowest BCUT2D eigenvalue weighted by atomic mass is 10.3. The summed E-state index contributed by atoms with van der Waals surface area (Å²) in [6.07, 6.45) is 1.33. The maximum absolute atomic E-state index is 11.4. The zero-order valence-corrected chi connectivity index (χ0v) is 14.4. The van der Waals surface area contributed by atoms with Gasteiger partial charge in [0.2, 0.25) is 5.78 Å². The number of sulfonamides is 2. The van der Waals surface area contributed by atoms with Crippen molar-refractivity contribution in [3.63, 3.8) is 0 Å². The predicted octanol–water partition coefficient (Wildman–Crippen LogP) is 0.793. The van der Waals surface area contributed by atoms with Crippen molar-refractivity contribution in [3.8, 4) is 0 Å². The van der Waals surface area contributed by atoms with Gasteiger partial charge in [0.25, 0.3) is 0 Å². The van der Waals surface area contributed by atoms with Crippen LogP contribution in [0, 0.1) is 0 Å². The van der Waals surface area contributed by atoms with E-state index in [9.17, 15) is 48.0 Å². The summed E-state index contributed by atoms with van der Waals surface area (Å²) in [5.41, 5.74) is -7.01.